The molecule has 1 aliphatic heterocycles. The smallest absolute Gasteiger partial charge is 0.408 e. The van der Waals surface area contributed by atoms with E-state index in [1.807, 2.05) is 0 Å². The number of carbonyl (C=O) groups is 4. The molecule has 4 atom stereocenters. The van der Waals surface area contributed by atoms with E-state index in [0.717, 1.165) is 0 Å². The monoisotopic (exact) mass is 501 g/mol. The van der Waals surface area contributed by atoms with E-state index in [0.29, 0.717) is 0 Å². The van der Waals surface area contributed by atoms with Crippen LogP contribution in [0, 0.1) is 11.8 Å². The van der Waals surface area contributed by atoms with E-state index in [9.17, 15) is 19.2 Å². The topological polar surface area (TPSA) is 141 Å². The maximum Gasteiger partial charge on any atom is 0.408 e. The number of hydrogen-bond acceptors (Lipinski definition) is 9. The predicted octanol–water partition coefficient (Wildman–Crippen LogP) is 2.51. The summed E-state index contributed by atoms with van der Waals surface area (Å²) in [7, 11) is 0. The fourth-order valence-corrected chi connectivity index (χ4v) is 3.18. The molecule has 0 aliphatic carbocycles. The minimum absolute atomic E-state index is 0.270. The first-order valence-electron chi connectivity index (χ1n) is 12.0. The van der Waals surface area contributed by atoms with Crippen molar-refractivity contribution in [2.75, 3.05) is 13.1 Å². The van der Waals surface area contributed by atoms with Crippen molar-refractivity contribution in [2.45, 2.75) is 105 Å². The van der Waals surface area contributed by atoms with Crippen LogP contribution in [-0.4, -0.2) is 72.7 Å². The highest BCUT2D eigenvalue weighted by Crippen LogP contribution is 2.17. The van der Waals surface area contributed by atoms with Crippen molar-refractivity contribution < 1.29 is 38.1 Å². The van der Waals surface area contributed by atoms with Crippen LogP contribution in [0.25, 0.3) is 0 Å². The molecule has 11 heteroatoms. The molecule has 0 aromatic heterocycles. The van der Waals surface area contributed by atoms with Crippen LogP contribution in [0.5, 0.6) is 0 Å². The summed E-state index contributed by atoms with van der Waals surface area (Å²) in [5, 5.41) is 8.14. The zero-order valence-electron chi connectivity index (χ0n) is 22.6. The summed E-state index contributed by atoms with van der Waals surface area (Å²) in [6, 6.07) is -1.89. The van der Waals surface area contributed by atoms with Crippen LogP contribution >= 0.6 is 0 Å². The summed E-state index contributed by atoms with van der Waals surface area (Å²) >= 11 is 0. The van der Waals surface area contributed by atoms with Gasteiger partial charge in [0, 0.05) is 13.1 Å². The molecule has 0 aromatic carbocycles. The molecule has 1 saturated heterocycles. The number of carbonyl (C=O) groups excluding carboxylic acids is 4. The van der Waals surface area contributed by atoms with Gasteiger partial charge in [-0.1, -0.05) is 27.7 Å². The van der Waals surface area contributed by atoms with Crippen molar-refractivity contribution in [3.63, 3.8) is 0 Å². The van der Waals surface area contributed by atoms with E-state index < -0.39 is 59.6 Å². The van der Waals surface area contributed by atoms with Crippen molar-refractivity contribution in [2.24, 2.45) is 11.8 Å². The quantitative estimate of drug-likeness (QED) is 0.338. The van der Waals surface area contributed by atoms with Crippen molar-refractivity contribution >= 4 is 24.1 Å². The van der Waals surface area contributed by atoms with E-state index in [2.05, 4.69) is 16.0 Å². The van der Waals surface area contributed by atoms with E-state index in [1.54, 1.807) is 69.2 Å². The van der Waals surface area contributed by atoms with Crippen LogP contribution < -0.4 is 16.0 Å². The van der Waals surface area contributed by atoms with E-state index in [4.69, 9.17) is 18.9 Å². The Balaban J connectivity index is 2.80. The number of nitrogens with one attached hydrogen (secondary N) is 3. The zero-order valence-corrected chi connectivity index (χ0v) is 22.6. The molecule has 1 aliphatic rings. The zero-order chi connectivity index (χ0) is 27.1. The molecule has 202 valence electrons. The van der Waals surface area contributed by atoms with Crippen molar-refractivity contribution in [1.82, 2.24) is 16.0 Å². The Bertz CT molecular complexity index is 693. The first-order chi connectivity index (χ1) is 15.9. The second-order valence-electron chi connectivity index (χ2n) is 11.3. The Labute approximate surface area is 208 Å². The van der Waals surface area contributed by atoms with Crippen molar-refractivity contribution in [1.29, 1.82) is 0 Å². The largest absolute Gasteiger partial charge is 0.455 e. The maximum absolute atomic E-state index is 12.9. The summed E-state index contributed by atoms with van der Waals surface area (Å²) in [6.07, 6.45) is -2.98. The lowest BCUT2D eigenvalue weighted by Gasteiger charge is -2.28. The van der Waals surface area contributed by atoms with Crippen LogP contribution in [0.4, 0.5) is 9.59 Å². The van der Waals surface area contributed by atoms with E-state index in [-0.39, 0.29) is 24.9 Å². The van der Waals surface area contributed by atoms with Gasteiger partial charge in [-0.2, -0.15) is 0 Å². The van der Waals surface area contributed by atoms with Gasteiger partial charge in [0.05, 0.1) is 0 Å². The molecular formula is C24H43N3O8. The third-order valence-electron chi connectivity index (χ3n) is 4.83. The molecule has 4 unspecified atom stereocenters. The highest BCUT2D eigenvalue weighted by atomic mass is 16.6. The second-order valence-corrected chi connectivity index (χ2v) is 11.3. The molecule has 0 spiro atoms. The number of esters is 2. The second kappa shape index (κ2) is 12.4. The Kier molecular flexibility index (Phi) is 10.8. The maximum atomic E-state index is 12.9. The van der Waals surface area contributed by atoms with Crippen LogP contribution in [-0.2, 0) is 28.5 Å². The molecule has 1 heterocycles. The molecule has 3 N–H and O–H groups in total. The third-order valence-corrected chi connectivity index (χ3v) is 4.83. The molecule has 0 bridgehead atoms. The van der Waals surface area contributed by atoms with Gasteiger partial charge in [-0.3, -0.25) is 0 Å². The van der Waals surface area contributed by atoms with Crippen LogP contribution in [0.1, 0.15) is 69.2 Å². The van der Waals surface area contributed by atoms with E-state index in [1.165, 1.54) is 0 Å². The SMILES string of the molecule is CC(C)C(NC(=O)OC(C)(C)C)C(=O)OC1CNCC1OC(=O)C(NC(=O)OC(C)(C)C)C(C)C. The molecule has 0 saturated carbocycles. The lowest BCUT2D eigenvalue weighted by atomic mass is 10.0. The highest BCUT2D eigenvalue weighted by molar-refractivity contribution is 5.83. The van der Waals surface area contributed by atoms with Gasteiger partial charge in [0.2, 0.25) is 0 Å². The summed E-state index contributed by atoms with van der Waals surface area (Å²) < 4.78 is 21.7. The van der Waals surface area contributed by atoms with Gasteiger partial charge in [0.1, 0.15) is 23.3 Å². The lowest BCUT2D eigenvalue weighted by Crippen LogP contribution is -2.50. The average Bonchev–Trinajstić information content (AvgIpc) is 3.07. The standard InChI is InChI=1S/C24H43N3O8/c1-13(2)17(26-21(30)34-23(5,6)7)19(28)32-15-11-25-12-16(15)33-20(29)18(14(3)4)27-22(31)35-24(8,9)10/h13-18,25H,11-12H2,1-10H3,(H,26,30)(H,27,31). The van der Waals surface area contributed by atoms with Gasteiger partial charge in [-0.25, -0.2) is 19.2 Å². The van der Waals surface area contributed by atoms with Crippen LogP contribution in [0.3, 0.4) is 0 Å². The molecular weight excluding hydrogens is 458 g/mol. The number of ether oxygens (including phenoxy) is 4. The third kappa shape index (κ3) is 11.1. The Morgan fingerprint density at radius 3 is 1.26 bits per heavy atom. The van der Waals surface area contributed by atoms with Crippen LogP contribution in [0.2, 0.25) is 0 Å². The Hall–Kier alpha value is -2.56. The first kappa shape index (κ1) is 30.5. The predicted molar refractivity (Wildman–Crippen MR) is 129 cm³/mol. The Morgan fingerprint density at radius 1 is 0.686 bits per heavy atom. The fraction of sp³-hybridized carbons (Fsp3) is 0.833. The molecule has 0 aromatic rings. The first-order valence-corrected chi connectivity index (χ1v) is 12.0. The molecule has 11 nitrogen and oxygen atoms in total. The van der Waals surface area contributed by atoms with Crippen molar-refractivity contribution in [3.8, 4) is 0 Å². The van der Waals surface area contributed by atoms with E-state index >= 15 is 0 Å². The summed E-state index contributed by atoms with van der Waals surface area (Å²) in [5.41, 5.74) is -1.44. The van der Waals surface area contributed by atoms with Gasteiger partial charge in [0.15, 0.2) is 12.2 Å². The molecule has 2 amide bonds. The van der Waals surface area contributed by atoms with Crippen LogP contribution in [0.15, 0.2) is 0 Å². The fourth-order valence-electron chi connectivity index (χ4n) is 3.18. The average molecular weight is 502 g/mol. The van der Waals surface area contributed by atoms with Gasteiger partial charge in [-0.05, 0) is 53.4 Å². The molecule has 0 radical (unpaired) electrons. The number of alkyl carbamates (subject to hydrolysis) is 2. The van der Waals surface area contributed by atoms with Gasteiger partial charge in [-0.15, -0.1) is 0 Å². The summed E-state index contributed by atoms with van der Waals surface area (Å²) in [5.74, 6) is -1.86. The molecule has 1 rings (SSSR count). The minimum atomic E-state index is -0.945. The molecule has 35 heavy (non-hydrogen) atoms. The number of hydrogen-bond donors (Lipinski definition) is 3. The van der Waals surface area contributed by atoms with Crippen molar-refractivity contribution in [3.05, 3.63) is 0 Å². The number of rotatable bonds is 8. The molecule has 1 fully saturated rings. The lowest BCUT2D eigenvalue weighted by molar-refractivity contribution is -0.167. The minimum Gasteiger partial charge on any atom is -0.455 e. The highest BCUT2D eigenvalue weighted by Gasteiger charge is 2.39. The summed E-state index contributed by atoms with van der Waals surface area (Å²) in [4.78, 5) is 50.1. The van der Waals surface area contributed by atoms with Gasteiger partial charge < -0.3 is 34.9 Å². The van der Waals surface area contributed by atoms with Gasteiger partial charge in [0.25, 0.3) is 0 Å². The Morgan fingerprint density at radius 2 is 1.00 bits per heavy atom. The normalized spacial score (nSPS) is 20.1. The van der Waals surface area contributed by atoms with Gasteiger partial charge >= 0.3 is 24.1 Å². The number of amides is 2. The summed E-state index contributed by atoms with van der Waals surface area (Å²) in [6.45, 7) is 17.9.